The van der Waals surface area contributed by atoms with Gasteiger partial charge in [-0.15, -0.1) is 0 Å². The largest absolute Gasteiger partial charge is 0.389 e. The Morgan fingerprint density at radius 2 is 2.31 bits per heavy atom. The molecule has 0 radical (unpaired) electrons. The number of rotatable bonds is 6. The summed E-state index contributed by atoms with van der Waals surface area (Å²) >= 11 is 0. The van der Waals surface area contributed by atoms with Crippen LogP contribution in [0.4, 0.5) is 0 Å². The Morgan fingerprint density at radius 1 is 1.56 bits per heavy atom. The zero-order valence-electron chi connectivity index (χ0n) is 10.4. The Kier molecular flexibility index (Phi) is 5.69. The van der Waals surface area contributed by atoms with Crippen molar-refractivity contribution in [3.05, 3.63) is 0 Å². The lowest BCUT2D eigenvalue weighted by Gasteiger charge is -2.28. The van der Waals surface area contributed by atoms with Crippen LogP contribution in [-0.4, -0.2) is 42.7 Å². The van der Waals surface area contributed by atoms with Crippen molar-refractivity contribution in [3.63, 3.8) is 0 Å². The number of hydrogen-bond donors (Lipinski definition) is 2. The van der Waals surface area contributed by atoms with E-state index in [-0.39, 0.29) is 18.8 Å². The lowest BCUT2D eigenvalue weighted by atomic mass is 9.99. The number of ether oxygens (including phenoxy) is 2. The first-order valence-corrected chi connectivity index (χ1v) is 6.19. The minimum Gasteiger partial charge on any atom is -0.389 e. The molecule has 16 heavy (non-hydrogen) atoms. The molecule has 4 heteroatoms. The van der Waals surface area contributed by atoms with Crippen LogP contribution in [-0.2, 0) is 9.47 Å². The first-order valence-electron chi connectivity index (χ1n) is 6.19. The molecule has 3 N–H and O–H groups in total. The van der Waals surface area contributed by atoms with E-state index in [1.807, 2.05) is 6.92 Å². The van der Waals surface area contributed by atoms with Gasteiger partial charge in [0.1, 0.15) is 0 Å². The van der Waals surface area contributed by atoms with Crippen molar-refractivity contribution < 1.29 is 14.6 Å². The fraction of sp³-hybridized carbons (Fsp3) is 1.00. The van der Waals surface area contributed by atoms with Gasteiger partial charge in [0.2, 0.25) is 0 Å². The predicted molar refractivity (Wildman–Crippen MR) is 63.3 cm³/mol. The van der Waals surface area contributed by atoms with Gasteiger partial charge in [0.05, 0.1) is 24.4 Å². The summed E-state index contributed by atoms with van der Waals surface area (Å²) in [5, 5.41) is 9.79. The van der Waals surface area contributed by atoms with E-state index in [2.05, 4.69) is 0 Å². The lowest BCUT2D eigenvalue weighted by molar-refractivity contribution is -0.0768. The van der Waals surface area contributed by atoms with Crippen LogP contribution in [0, 0.1) is 0 Å². The quantitative estimate of drug-likeness (QED) is 0.717. The van der Waals surface area contributed by atoms with E-state index in [0.717, 1.165) is 19.4 Å². The van der Waals surface area contributed by atoms with E-state index in [1.165, 1.54) is 6.42 Å². The highest BCUT2D eigenvalue weighted by Gasteiger charge is 2.23. The number of hydrogen-bond acceptors (Lipinski definition) is 4. The van der Waals surface area contributed by atoms with Crippen LogP contribution >= 0.6 is 0 Å². The van der Waals surface area contributed by atoms with Crippen LogP contribution in [0.5, 0.6) is 0 Å². The second-order valence-electron chi connectivity index (χ2n) is 5.04. The summed E-state index contributed by atoms with van der Waals surface area (Å²) in [4.78, 5) is 0. The second-order valence-corrected chi connectivity index (χ2v) is 5.04. The molecule has 0 amide bonds. The van der Waals surface area contributed by atoms with Gasteiger partial charge in [-0.1, -0.05) is 0 Å². The molecule has 0 spiro atoms. The summed E-state index contributed by atoms with van der Waals surface area (Å²) in [6, 6.07) is 0. The van der Waals surface area contributed by atoms with Crippen LogP contribution in [0.1, 0.15) is 39.5 Å². The fourth-order valence-electron chi connectivity index (χ4n) is 1.97. The monoisotopic (exact) mass is 231 g/mol. The summed E-state index contributed by atoms with van der Waals surface area (Å²) in [7, 11) is 0. The Hall–Kier alpha value is -0.160. The topological polar surface area (TPSA) is 64.7 Å². The molecule has 0 bridgehead atoms. The molecular formula is C12H25NO3. The third-order valence-corrected chi connectivity index (χ3v) is 3.01. The number of aliphatic hydroxyl groups is 1. The van der Waals surface area contributed by atoms with E-state index < -0.39 is 5.60 Å². The maximum absolute atomic E-state index is 9.79. The maximum Gasteiger partial charge on any atom is 0.0808 e. The first kappa shape index (κ1) is 13.9. The zero-order chi connectivity index (χ0) is 12.0. The van der Waals surface area contributed by atoms with Crippen molar-refractivity contribution in [1.82, 2.24) is 0 Å². The summed E-state index contributed by atoms with van der Waals surface area (Å²) < 4.78 is 11.3. The molecular weight excluding hydrogens is 206 g/mol. The van der Waals surface area contributed by atoms with E-state index in [0.29, 0.717) is 13.0 Å². The standard InChI is InChI=1S/C12H25NO3/c1-10(7-12(2,14)9-13)16-8-11-5-3-4-6-15-11/h10-11,14H,3-9,13H2,1-2H3. The Morgan fingerprint density at radius 3 is 2.88 bits per heavy atom. The molecule has 1 aliphatic heterocycles. The molecule has 1 rings (SSSR count). The summed E-state index contributed by atoms with van der Waals surface area (Å²) in [5.74, 6) is 0. The minimum atomic E-state index is -0.827. The molecule has 1 aliphatic rings. The van der Waals surface area contributed by atoms with Gasteiger partial charge in [-0.2, -0.15) is 0 Å². The van der Waals surface area contributed by atoms with Crippen molar-refractivity contribution in [1.29, 1.82) is 0 Å². The van der Waals surface area contributed by atoms with E-state index in [4.69, 9.17) is 15.2 Å². The Bertz CT molecular complexity index is 191. The third-order valence-electron chi connectivity index (χ3n) is 3.01. The highest BCUT2D eigenvalue weighted by atomic mass is 16.5. The van der Waals surface area contributed by atoms with Gasteiger partial charge in [0.25, 0.3) is 0 Å². The van der Waals surface area contributed by atoms with Crippen LogP contribution in [0.3, 0.4) is 0 Å². The van der Waals surface area contributed by atoms with Crippen LogP contribution in [0.15, 0.2) is 0 Å². The minimum absolute atomic E-state index is 0.0177. The highest BCUT2D eigenvalue weighted by Crippen LogP contribution is 2.16. The molecule has 4 nitrogen and oxygen atoms in total. The van der Waals surface area contributed by atoms with Crippen molar-refractivity contribution in [2.45, 2.75) is 57.3 Å². The molecule has 1 heterocycles. The zero-order valence-corrected chi connectivity index (χ0v) is 10.4. The fourth-order valence-corrected chi connectivity index (χ4v) is 1.97. The Labute approximate surface area is 98.1 Å². The van der Waals surface area contributed by atoms with Crippen molar-refractivity contribution in [2.24, 2.45) is 5.73 Å². The van der Waals surface area contributed by atoms with Gasteiger partial charge in [-0.05, 0) is 33.1 Å². The summed E-state index contributed by atoms with van der Waals surface area (Å²) in [5.41, 5.74) is 4.64. The van der Waals surface area contributed by atoms with Gasteiger partial charge in [0, 0.05) is 19.6 Å². The van der Waals surface area contributed by atoms with Gasteiger partial charge >= 0.3 is 0 Å². The number of nitrogens with two attached hydrogens (primary N) is 1. The molecule has 0 aliphatic carbocycles. The van der Waals surface area contributed by atoms with E-state index in [1.54, 1.807) is 6.92 Å². The van der Waals surface area contributed by atoms with Crippen molar-refractivity contribution in [3.8, 4) is 0 Å². The maximum atomic E-state index is 9.79. The van der Waals surface area contributed by atoms with Crippen molar-refractivity contribution >= 4 is 0 Å². The average molecular weight is 231 g/mol. The van der Waals surface area contributed by atoms with E-state index >= 15 is 0 Å². The molecule has 0 saturated carbocycles. The SMILES string of the molecule is CC(CC(C)(O)CN)OCC1CCCCO1. The molecule has 0 aromatic rings. The molecule has 3 atom stereocenters. The predicted octanol–water partition coefficient (Wildman–Crippen LogP) is 1.06. The van der Waals surface area contributed by atoms with Crippen molar-refractivity contribution in [2.75, 3.05) is 19.8 Å². The smallest absolute Gasteiger partial charge is 0.0808 e. The molecule has 1 fully saturated rings. The van der Waals surface area contributed by atoms with Crippen LogP contribution in [0.25, 0.3) is 0 Å². The lowest BCUT2D eigenvalue weighted by Crippen LogP contribution is -2.38. The van der Waals surface area contributed by atoms with Gasteiger partial charge < -0.3 is 20.3 Å². The van der Waals surface area contributed by atoms with Crippen LogP contribution < -0.4 is 5.73 Å². The average Bonchev–Trinajstić information content (AvgIpc) is 2.27. The van der Waals surface area contributed by atoms with Gasteiger partial charge in [-0.25, -0.2) is 0 Å². The van der Waals surface area contributed by atoms with Gasteiger partial charge in [-0.3, -0.25) is 0 Å². The molecule has 0 aromatic heterocycles. The first-order chi connectivity index (χ1) is 7.53. The molecule has 1 saturated heterocycles. The normalized spacial score (nSPS) is 27.4. The van der Waals surface area contributed by atoms with Crippen LogP contribution in [0.2, 0.25) is 0 Å². The highest BCUT2D eigenvalue weighted by molar-refractivity contribution is 4.76. The molecule has 0 aromatic carbocycles. The molecule has 96 valence electrons. The second kappa shape index (κ2) is 6.55. The summed E-state index contributed by atoms with van der Waals surface area (Å²) in [6.07, 6.45) is 4.29. The summed E-state index contributed by atoms with van der Waals surface area (Å²) in [6.45, 7) is 5.45. The molecule has 3 unspecified atom stereocenters. The third kappa shape index (κ3) is 5.25. The van der Waals surface area contributed by atoms with E-state index in [9.17, 15) is 5.11 Å². The Balaban J connectivity index is 2.16. The van der Waals surface area contributed by atoms with Gasteiger partial charge in [0.15, 0.2) is 0 Å².